The van der Waals surface area contributed by atoms with Crippen molar-refractivity contribution in [3.8, 4) is 0 Å². The third kappa shape index (κ3) is 5.83. The van der Waals surface area contributed by atoms with E-state index >= 15 is 0 Å². The number of benzene rings is 1. The van der Waals surface area contributed by atoms with Crippen molar-refractivity contribution in [2.45, 2.75) is 44.0 Å². The molecule has 0 spiro atoms. The molecule has 0 bridgehead atoms. The van der Waals surface area contributed by atoms with E-state index < -0.39 is 11.6 Å². The highest BCUT2D eigenvalue weighted by Gasteiger charge is 2.04. The van der Waals surface area contributed by atoms with Crippen LogP contribution in [-0.4, -0.2) is 18.3 Å². The zero-order valence-corrected chi connectivity index (χ0v) is 11.8. The number of nitrogens with one attached hydrogen (secondary N) is 1. The number of thioether (sulfide) groups is 1. The average Bonchev–Trinajstić information content (AvgIpc) is 2.31. The maximum Gasteiger partial charge on any atom is 0.139 e. The number of hydrogen-bond acceptors (Lipinski definition) is 2. The van der Waals surface area contributed by atoms with Crippen LogP contribution in [0.25, 0.3) is 0 Å². The van der Waals surface area contributed by atoms with Gasteiger partial charge in [0.25, 0.3) is 0 Å². The lowest BCUT2D eigenvalue weighted by molar-refractivity contribution is 0.510. The second-order valence-electron chi connectivity index (χ2n) is 4.38. The van der Waals surface area contributed by atoms with Crippen LogP contribution in [0.15, 0.2) is 23.1 Å². The van der Waals surface area contributed by atoms with Crippen LogP contribution in [0.3, 0.4) is 0 Å². The van der Waals surface area contributed by atoms with Crippen molar-refractivity contribution in [3.05, 3.63) is 29.8 Å². The molecule has 1 aromatic rings. The van der Waals surface area contributed by atoms with Gasteiger partial charge in [-0.3, -0.25) is 0 Å². The van der Waals surface area contributed by atoms with Gasteiger partial charge in [-0.2, -0.15) is 0 Å². The predicted molar refractivity (Wildman–Crippen MR) is 74.1 cm³/mol. The highest BCUT2D eigenvalue weighted by molar-refractivity contribution is 7.99. The smallest absolute Gasteiger partial charge is 0.139 e. The lowest BCUT2D eigenvalue weighted by Crippen LogP contribution is -2.25. The first kappa shape index (κ1) is 15.4. The van der Waals surface area contributed by atoms with E-state index in [1.165, 1.54) is 23.9 Å². The molecule has 4 heteroatoms. The molecule has 0 amide bonds. The van der Waals surface area contributed by atoms with E-state index in [0.717, 1.165) is 37.6 Å². The predicted octanol–water partition coefficient (Wildman–Crippen LogP) is 4.23. The Bertz CT molecular complexity index is 358. The fourth-order valence-electron chi connectivity index (χ4n) is 1.78. The van der Waals surface area contributed by atoms with Gasteiger partial charge in [0.15, 0.2) is 0 Å². The average molecular weight is 273 g/mol. The Labute approximate surface area is 112 Å². The molecular weight excluding hydrogens is 252 g/mol. The molecular formula is C14H21F2NS. The molecule has 102 valence electrons. The molecule has 1 N–H and O–H groups in total. The molecule has 1 unspecified atom stereocenters. The number of halogens is 2. The second kappa shape index (κ2) is 8.48. The van der Waals surface area contributed by atoms with E-state index in [9.17, 15) is 8.78 Å². The van der Waals surface area contributed by atoms with Crippen LogP contribution in [0.5, 0.6) is 0 Å². The van der Waals surface area contributed by atoms with Gasteiger partial charge in [-0.25, -0.2) is 8.78 Å². The third-order valence-electron chi connectivity index (χ3n) is 2.74. The molecule has 1 rings (SSSR count). The quantitative estimate of drug-likeness (QED) is 0.562. The van der Waals surface area contributed by atoms with E-state index in [-0.39, 0.29) is 0 Å². The summed E-state index contributed by atoms with van der Waals surface area (Å²) in [6.45, 7) is 5.27. The van der Waals surface area contributed by atoms with Gasteiger partial charge in [-0.15, -0.1) is 11.8 Å². The molecule has 1 nitrogen and oxygen atoms in total. The second-order valence-corrected chi connectivity index (χ2v) is 5.51. The lowest BCUT2D eigenvalue weighted by Gasteiger charge is -2.11. The summed E-state index contributed by atoms with van der Waals surface area (Å²) >= 11 is 1.46. The Balaban J connectivity index is 2.18. The molecule has 1 atom stereocenters. The Morgan fingerprint density at radius 2 is 2.06 bits per heavy atom. The van der Waals surface area contributed by atoms with Crippen LogP contribution in [-0.2, 0) is 0 Å². The summed E-state index contributed by atoms with van der Waals surface area (Å²) in [7, 11) is 0. The monoisotopic (exact) mass is 273 g/mol. The minimum Gasteiger partial charge on any atom is -0.315 e. The first-order chi connectivity index (χ1) is 8.63. The van der Waals surface area contributed by atoms with E-state index in [1.54, 1.807) is 0 Å². The van der Waals surface area contributed by atoms with E-state index in [0.29, 0.717) is 10.9 Å². The zero-order chi connectivity index (χ0) is 13.4. The van der Waals surface area contributed by atoms with Gasteiger partial charge >= 0.3 is 0 Å². The van der Waals surface area contributed by atoms with Crippen LogP contribution in [0.4, 0.5) is 8.78 Å². The molecule has 1 aromatic carbocycles. The summed E-state index contributed by atoms with van der Waals surface area (Å²) in [6.07, 6.45) is 3.32. The minimum absolute atomic E-state index is 0.457. The molecule has 0 saturated carbocycles. The van der Waals surface area contributed by atoms with E-state index in [1.807, 2.05) is 0 Å². The van der Waals surface area contributed by atoms with Crippen molar-refractivity contribution in [2.75, 3.05) is 12.3 Å². The van der Waals surface area contributed by atoms with Crippen molar-refractivity contribution in [3.63, 3.8) is 0 Å². The Morgan fingerprint density at radius 1 is 1.28 bits per heavy atom. The molecule has 0 saturated heterocycles. The summed E-state index contributed by atoms with van der Waals surface area (Å²) in [5, 5.41) is 3.36. The number of unbranched alkanes of at least 4 members (excludes halogenated alkanes) is 1. The standard InChI is InChI=1S/C14H21F2NS/c1-3-17-11(2)6-4-5-9-18-14-8-7-12(15)10-13(14)16/h7-8,10-11,17H,3-6,9H2,1-2H3. The van der Waals surface area contributed by atoms with Gasteiger partial charge < -0.3 is 5.32 Å². The first-order valence-corrected chi connectivity index (χ1v) is 7.43. The van der Waals surface area contributed by atoms with Crippen molar-refractivity contribution < 1.29 is 8.78 Å². The molecule has 0 heterocycles. The van der Waals surface area contributed by atoms with Crippen LogP contribution < -0.4 is 5.32 Å². The molecule has 18 heavy (non-hydrogen) atoms. The van der Waals surface area contributed by atoms with Gasteiger partial charge in [-0.1, -0.05) is 13.3 Å². The van der Waals surface area contributed by atoms with Crippen LogP contribution in [0, 0.1) is 11.6 Å². The third-order valence-corrected chi connectivity index (χ3v) is 3.87. The molecule has 0 aliphatic carbocycles. The summed E-state index contributed by atoms with van der Waals surface area (Å²) in [4.78, 5) is 0.538. The van der Waals surface area contributed by atoms with E-state index in [4.69, 9.17) is 0 Å². The van der Waals surface area contributed by atoms with Crippen LogP contribution in [0.1, 0.15) is 33.1 Å². The maximum absolute atomic E-state index is 13.3. The summed E-state index contributed by atoms with van der Waals surface area (Å²) in [6, 6.07) is 4.30. The minimum atomic E-state index is -0.517. The zero-order valence-electron chi connectivity index (χ0n) is 11.0. The molecule has 0 fully saturated rings. The Hall–Kier alpha value is -0.610. The number of rotatable bonds is 8. The van der Waals surface area contributed by atoms with E-state index in [2.05, 4.69) is 19.2 Å². The normalized spacial score (nSPS) is 12.7. The Kier molecular flexibility index (Phi) is 7.28. The van der Waals surface area contributed by atoms with Gasteiger partial charge in [0.2, 0.25) is 0 Å². The van der Waals surface area contributed by atoms with Gasteiger partial charge in [-0.05, 0) is 44.2 Å². The van der Waals surface area contributed by atoms with Crippen molar-refractivity contribution in [1.29, 1.82) is 0 Å². The molecule has 0 aliphatic rings. The molecule has 0 aromatic heterocycles. The topological polar surface area (TPSA) is 12.0 Å². The fourth-order valence-corrected chi connectivity index (χ4v) is 2.71. The van der Waals surface area contributed by atoms with Crippen molar-refractivity contribution in [1.82, 2.24) is 5.32 Å². The Morgan fingerprint density at radius 3 is 2.72 bits per heavy atom. The molecule has 0 aliphatic heterocycles. The summed E-state index contributed by atoms with van der Waals surface area (Å²) in [5.74, 6) is -0.0983. The highest BCUT2D eigenvalue weighted by atomic mass is 32.2. The van der Waals surface area contributed by atoms with Gasteiger partial charge in [0.1, 0.15) is 11.6 Å². The SMILES string of the molecule is CCNC(C)CCCCSc1ccc(F)cc1F. The van der Waals surface area contributed by atoms with Crippen molar-refractivity contribution >= 4 is 11.8 Å². The van der Waals surface area contributed by atoms with Crippen LogP contribution >= 0.6 is 11.8 Å². The van der Waals surface area contributed by atoms with Gasteiger partial charge in [0.05, 0.1) is 0 Å². The highest BCUT2D eigenvalue weighted by Crippen LogP contribution is 2.23. The summed E-state index contributed by atoms with van der Waals surface area (Å²) < 4.78 is 26.0. The molecule has 0 radical (unpaired) electrons. The maximum atomic E-state index is 13.3. The lowest BCUT2D eigenvalue weighted by atomic mass is 10.1. The van der Waals surface area contributed by atoms with Crippen LogP contribution in [0.2, 0.25) is 0 Å². The largest absolute Gasteiger partial charge is 0.315 e. The first-order valence-electron chi connectivity index (χ1n) is 6.44. The summed E-state index contributed by atoms with van der Waals surface area (Å²) in [5.41, 5.74) is 0. The number of hydrogen-bond donors (Lipinski definition) is 1. The fraction of sp³-hybridized carbons (Fsp3) is 0.571. The van der Waals surface area contributed by atoms with Crippen molar-refractivity contribution in [2.24, 2.45) is 0 Å². The van der Waals surface area contributed by atoms with Gasteiger partial charge in [0, 0.05) is 17.0 Å².